The molecule has 1 aromatic heterocycles. The summed E-state index contributed by atoms with van der Waals surface area (Å²) in [7, 11) is 1.79. The van der Waals surface area contributed by atoms with Crippen molar-refractivity contribution >= 4 is 23.2 Å². The zero-order valence-electron chi connectivity index (χ0n) is 16.7. The molecule has 0 bridgehead atoms. The Balaban J connectivity index is 1.82. The van der Waals surface area contributed by atoms with Crippen LogP contribution in [0.25, 0.3) is 0 Å². The Morgan fingerprint density at radius 2 is 1.85 bits per heavy atom. The van der Waals surface area contributed by atoms with E-state index >= 15 is 0 Å². The van der Waals surface area contributed by atoms with E-state index in [1.807, 2.05) is 32.1 Å². The van der Waals surface area contributed by atoms with Crippen LogP contribution in [0.2, 0.25) is 0 Å². The first-order valence-electron chi connectivity index (χ1n) is 9.64. The van der Waals surface area contributed by atoms with Crippen LogP contribution in [-0.2, 0) is 10.2 Å². The van der Waals surface area contributed by atoms with Gasteiger partial charge < -0.3 is 16.0 Å². The molecule has 1 aliphatic carbocycles. The molecule has 0 unspecified atom stereocenters. The van der Waals surface area contributed by atoms with Gasteiger partial charge in [0, 0.05) is 42.4 Å². The molecule has 0 spiro atoms. The third-order valence-corrected chi connectivity index (χ3v) is 6.17. The van der Waals surface area contributed by atoms with Gasteiger partial charge in [-0.25, -0.2) is 0 Å². The van der Waals surface area contributed by atoms with Crippen molar-refractivity contribution in [2.24, 2.45) is 10.4 Å². The van der Waals surface area contributed by atoms with Crippen molar-refractivity contribution in [2.75, 3.05) is 26.7 Å². The largest absolute Gasteiger partial charge is 0.355 e. The number of nitrogens with zero attached hydrogens (tertiary/aromatic N) is 1. The number of amides is 1. The maximum Gasteiger partial charge on any atom is 0.225 e. The summed E-state index contributed by atoms with van der Waals surface area (Å²) < 4.78 is 0. The standard InChI is InChI=1S/C20H34N4OS/c1-19(2,3)17(25)22-12-13-23-18(21-4)24-15-20(10-6-5-7-11-20)16-9-8-14-26-16/h8-9,14H,5-7,10-13,15H2,1-4H3,(H,22,25)(H2,21,23,24). The third-order valence-electron chi connectivity index (χ3n) is 5.06. The average molecular weight is 379 g/mol. The van der Waals surface area contributed by atoms with E-state index in [9.17, 15) is 4.79 Å². The van der Waals surface area contributed by atoms with E-state index in [0.717, 1.165) is 12.5 Å². The molecule has 0 radical (unpaired) electrons. The molecule has 2 rings (SSSR count). The predicted molar refractivity (Wildman–Crippen MR) is 111 cm³/mol. The molecule has 1 fully saturated rings. The minimum atomic E-state index is -0.353. The number of rotatable bonds is 6. The quantitative estimate of drug-likeness (QED) is 0.404. The normalized spacial score (nSPS) is 17.6. The second-order valence-electron chi connectivity index (χ2n) is 8.18. The molecule has 0 aromatic carbocycles. The highest BCUT2D eigenvalue weighted by atomic mass is 32.1. The molecule has 1 amide bonds. The number of aliphatic imine (C=N–C) groups is 1. The fourth-order valence-corrected chi connectivity index (χ4v) is 4.40. The number of thiophene rings is 1. The fourth-order valence-electron chi connectivity index (χ4n) is 3.41. The lowest BCUT2D eigenvalue weighted by Crippen LogP contribution is -2.48. The van der Waals surface area contributed by atoms with Gasteiger partial charge in [-0.15, -0.1) is 11.3 Å². The van der Waals surface area contributed by atoms with Gasteiger partial charge in [-0.1, -0.05) is 46.1 Å². The molecule has 3 N–H and O–H groups in total. The molecule has 6 heteroatoms. The predicted octanol–water partition coefficient (Wildman–Crippen LogP) is 3.28. The fraction of sp³-hybridized carbons (Fsp3) is 0.700. The topological polar surface area (TPSA) is 65.5 Å². The Morgan fingerprint density at radius 3 is 2.42 bits per heavy atom. The van der Waals surface area contributed by atoms with Gasteiger partial charge in [-0.2, -0.15) is 0 Å². The number of guanidine groups is 1. The van der Waals surface area contributed by atoms with Gasteiger partial charge in [-0.3, -0.25) is 9.79 Å². The Morgan fingerprint density at radius 1 is 1.15 bits per heavy atom. The van der Waals surface area contributed by atoms with Crippen molar-refractivity contribution in [3.05, 3.63) is 22.4 Å². The average Bonchev–Trinajstić information content (AvgIpc) is 3.16. The van der Waals surface area contributed by atoms with Gasteiger partial charge in [0.25, 0.3) is 0 Å². The summed E-state index contributed by atoms with van der Waals surface area (Å²) in [6.07, 6.45) is 6.40. The van der Waals surface area contributed by atoms with Crippen LogP contribution in [-0.4, -0.2) is 38.5 Å². The van der Waals surface area contributed by atoms with Gasteiger partial charge in [0.1, 0.15) is 0 Å². The lowest BCUT2D eigenvalue weighted by Gasteiger charge is -2.37. The van der Waals surface area contributed by atoms with Crippen LogP contribution in [0, 0.1) is 5.41 Å². The van der Waals surface area contributed by atoms with Crippen molar-refractivity contribution in [3.63, 3.8) is 0 Å². The number of hydrogen-bond donors (Lipinski definition) is 3. The molecular formula is C20H34N4OS. The first kappa shape index (κ1) is 20.7. The molecule has 1 aliphatic rings. The lowest BCUT2D eigenvalue weighted by atomic mass is 9.73. The molecule has 1 heterocycles. The van der Waals surface area contributed by atoms with Crippen LogP contribution in [0.4, 0.5) is 0 Å². The Labute approximate surface area is 162 Å². The van der Waals surface area contributed by atoms with Crippen molar-refractivity contribution in [1.82, 2.24) is 16.0 Å². The van der Waals surface area contributed by atoms with Crippen molar-refractivity contribution in [1.29, 1.82) is 0 Å². The van der Waals surface area contributed by atoms with E-state index in [0.29, 0.717) is 13.1 Å². The number of hydrogen-bond acceptors (Lipinski definition) is 3. The second kappa shape index (κ2) is 9.40. The molecule has 1 aromatic rings. The second-order valence-corrected chi connectivity index (χ2v) is 9.12. The van der Waals surface area contributed by atoms with E-state index in [2.05, 4.69) is 38.5 Å². The van der Waals surface area contributed by atoms with Crippen molar-refractivity contribution < 1.29 is 4.79 Å². The maximum atomic E-state index is 11.9. The van der Waals surface area contributed by atoms with Crippen LogP contribution < -0.4 is 16.0 Å². The lowest BCUT2D eigenvalue weighted by molar-refractivity contribution is -0.128. The minimum Gasteiger partial charge on any atom is -0.355 e. The summed E-state index contributed by atoms with van der Waals surface area (Å²) in [5.74, 6) is 0.873. The number of carbonyl (C=O) groups is 1. The smallest absolute Gasteiger partial charge is 0.225 e. The van der Waals surface area contributed by atoms with Crippen molar-refractivity contribution in [2.45, 2.75) is 58.3 Å². The highest BCUT2D eigenvalue weighted by Gasteiger charge is 2.34. The van der Waals surface area contributed by atoms with Crippen LogP contribution in [0.1, 0.15) is 57.8 Å². The summed E-state index contributed by atoms with van der Waals surface area (Å²) in [4.78, 5) is 17.7. The summed E-state index contributed by atoms with van der Waals surface area (Å²) in [5, 5.41) is 12.0. The first-order chi connectivity index (χ1) is 12.4. The highest BCUT2D eigenvalue weighted by Crippen LogP contribution is 2.41. The zero-order chi connectivity index (χ0) is 19.0. The minimum absolute atomic E-state index is 0.0705. The monoisotopic (exact) mass is 378 g/mol. The van der Waals surface area contributed by atoms with Crippen LogP contribution in [0.5, 0.6) is 0 Å². The van der Waals surface area contributed by atoms with Gasteiger partial charge in [0.2, 0.25) is 5.91 Å². The SMILES string of the molecule is CN=C(NCCNC(=O)C(C)(C)C)NCC1(c2cccs2)CCCCC1. The summed E-state index contributed by atoms with van der Waals surface area (Å²) in [5.41, 5.74) is -0.127. The van der Waals surface area contributed by atoms with E-state index in [1.54, 1.807) is 7.05 Å². The number of nitrogens with one attached hydrogen (secondary N) is 3. The molecule has 146 valence electrons. The number of carbonyl (C=O) groups excluding carboxylic acids is 1. The van der Waals surface area contributed by atoms with E-state index in [-0.39, 0.29) is 16.7 Å². The Kier molecular flexibility index (Phi) is 7.50. The molecule has 0 aliphatic heterocycles. The third kappa shape index (κ3) is 5.73. The summed E-state index contributed by atoms with van der Waals surface area (Å²) >= 11 is 1.87. The van der Waals surface area contributed by atoms with Gasteiger partial charge in [-0.05, 0) is 24.3 Å². The van der Waals surface area contributed by atoms with Crippen LogP contribution in [0.15, 0.2) is 22.5 Å². The van der Waals surface area contributed by atoms with E-state index in [4.69, 9.17) is 0 Å². The Bertz CT molecular complexity index is 583. The summed E-state index contributed by atoms with van der Waals surface area (Å²) in [6.45, 7) is 7.92. The highest BCUT2D eigenvalue weighted by molar-refractivity contribution is 7.10. The van der Waals surface area contributed by atoms with Gasteiger partial charge >= 0.3 is 0 Å². The Hall–Kier alpha value is -1.56. The van der Waals surface area contributed by atoms with Crippen LogP contribution >= 0.6 is 11.3 Å². The first-order valence-corrected chi connectivity index (χ1v) is 10.5. The molecular weight excluding hydrogens is 344 g/mol. The van der Waals surface area contributed by atoms with E-state index < -0.39 is 0 Å². The molecule has 1 saturated carbocycles. The molecule has 5 nitrogen and oxygen atoms in total. The molecule has 0 saturated heterocycles. The van der Waals surface area contributed by atoms with Crippen LogP contribution in [0.3, 0.4) is 0 Å². The van der Waals surface area contributed by atoms with E-state index in [1.165, 1.54) is 37.0 Å². The zero-order valence-corrected chi connectivity index (χ0v) is 17.5. The van der Waals surface area contributed by atoms with Crippen molar-refractivity contribution in [3.8, 4) is 0 Å². The van der Waals surface area contributed by atoms with Gasteiger partial charge in [0.15, 0.2) is 5.96 Å². The maximum absolute atomic E-state index is 11.9. The molecule has 0 atom stereocenters. The molecule has 26 heavy (non-hydrogen) atoms. The van der Waals surface area contributed by atoms with Gasteiger partial charge in [0.05, 0.1) is 0 Å². The summed E-state index contributed by atoms with van der Waals surface area (Å²) in [6, 6.07) is 4.43.